The number of rotatable bonds is 5. The van der Waals surface area contributed by atoms with Crippen LogP contribution in [0.2, 0.25) is 0 Å². The van der Waals surface area contributed by atoms with E-state index in [0.29, 0.717) is 6.54 Å². The van der Waals surface area contributed by atoms with E-state index >= 15 is 0 Å². The maximum Gasteiger partial charge on any atom is 0.297 e. The van der Waals surface area contributed by atoms with Crippen molar-refractivity contribution >= 4 is 5.82 Å². The first kappa shape index (κ1) is 16.6. The van der Waals surface area contributed by atoms with Crippen molar-refractivity contribution in [3.8, 4) is 11.4 Å². The summed E-state index contributed by atoms with van der Waals surface area (Å²) in [6.45, 7) is 0.383. The van der Waals surface area contributed by atoms with E-state index in [1.165, 1.54) is 23.0 Å². The van der Waals surface area contributed by atoms with E-state index in [1.54, 1.807) is 7.11 Å². The minimum atomic E-state index is -1.02. The Labute approximate surface area is 142 Å². The van der Waals surface area contributed by atoms with Gasteiger partial charge in [-0.1, -0.05) is 12.1 Å². The highest BCUT2D eigenvalue weighted by atomic mass is 19.2. The number of aromatic nitrogens is 2. The minimum Gasteiger partial charge on any atom is -0.497 e. The maximum atomic E-state index is 13.4. The number of benzene rings is 2. The molecule has 1 heterocycles. The fourth-order valence-corrected chi connectivity index (χ4v) is 2.30. The number of ether oxygens (including phenoxy) is 1. The maximum absolute atomic E-state index is 13.4. The number of nitrogens with zero attached hydrogens (tertiary/aromatic N) is 2. The van der Waals surface area contributed by atoms with Crippen LogP contribution in [0, 0.1) is 11.6 Å². The van der Waals surface area contributed by atoms with Crippen molar-refractivity contribution in [2.24, 2.45) is 0 Å². The molecule has 0 saturated heterocycles. The van der Waals surface area contributed by atoms with Crippen molar-refractivity contribution in [2.75, 3.05) is 12.4 Å². The van der Waals surface area contributed by atoms with Crippen molar-refractivity contribution in [3.63, 3.8) is 0 Å². The zero-order valence-electron chi connectivity index (χ0n) is 13.4. The molecule has 1 N–H and O–H groups in total. The molecule has 25 heavy (non-hydrogen) atoms. The number of methoxy groups -OCH3 is 1. The Hall–Kier alpha value is -3.22. The van der Waals surface area contributed by atoms with Gasteiger partial charge in [-0.05, 0) is 29.8 Å². The van der Waals surface area contributed by atoms with Gasteiger partial charge in [-0.25, -0.2) is 13.8 Å². The molecule has 0 unspecified atom stereocenters. The van der Waals surface area contributed by atoms with E-state index in [9.17, 15) is 13.6 Å². The summed E-state index contributed by atoms with van der Waals surface area (Å²) < 4.78 is 32.7. The summed E-state index contributed by atoms with van der Waals surface area (Å²) in [7, 11) is 1.59. The van der Waals surface area contributed by atoms with Crippen molar-refractivity contribution in [2.45, 2.75) is 6.54 Å². The van der Waals surface area contributed by atoms with Crippen molar-refractivity contribution < 1.29 is 13.5 Å². The Morgan fingerprint density at radius 2 is 1.88 bits per heavy atom. The molecule has 3 aromatic rings. The topological polar surface area (TPSA) is 56.1 Å². The van der Waals surface area contributed by atoms with E-state index in [0.717, 1.165) is 23.4 Å². The second kappa shape index (κ2) is 7.12. The van der Waals surface area contributed by atoms with Crippen LogP contribution in [0.15, 0.2) is 59.7 Å². The molecule has 0 saturated carbocycles. The molecule has 1 aromatic heterocycles. The quantitative estimate of drug-likeness (QED) is 0.773. The van der Waals surface area contributed by atoms with Crippen molar-refractivity contribution in [1.29, 1.82) is 0 Å². The van der Waals surface area contributed by atoms with Crippen molar-refractivity contribution in [3.05, 3.63) is 82.4 Å². The molecular formula is C18H15F2N3O2. The summed E-state index contributed by atoms with van der Waals surface area (Å²) in [6.07, 6.45) is 2.81. The van der Waals surface area contributed by atoms with E-state index < -0.39 is 17.2 Å². The molecule has 3 rings (SSSR count). The van der Waals surface area contributed by atoms with E-state index in [4.69, 9.17) is 4.74 Å². The van der Waals surface area contributed by atoms with Gasteiger partial charge in [0, 0.05) is 25.0 Å². The number of hydrogen-bond donors (Lipinski definition) is 1. The fourth-order valence-electron chi connectivity index (χ4n) is 2.30. The minimum absolute atomic E-state index is 0.114. The van der Waals surface area contributed by atoms with Gasteiger partial charge in [0.05, 0.1) is 12.8 Å². The van der Waals surface area contributed by atoms with Gasteiger partial charge in [-0.15, -0.1) is 0 Å². The summed E-state index contributed by atoms with van der Waals surface area (Å²) in [4.78, 5) is 16.5. The van der Waals surface area contributed by atoms with Crippen LogP contribution in [0.4, 0.5) is 14.6 Å². The number of anilines is 1. The number of hydrogen-bond acceptors (Lipinski definition) is 4. The summed E-state index contributed by atoms with van der Waals surface area (Å²) in [5.41, 5.74) is 0.700. The third-order valence-electron chi connectivity index (χ3n) is 3.64. The highest BCUT2D eigenvalue weighted by Gasteiger charge is 2.09. The smallest absolute Gasteiger partial charge is 0.297 e. The van der Waals surface area contributed by atoms with Crippen LogP contribution in [0.1, 0.15) is 5.56 Å². The lowest BCUT2D eigenvalue weighted by Crippen LogP contribution is -2.23. The Kier molecular flexibility index (Phi) is 4.74. The second-order valence-electron chi connectivity index (χ2n) is 5.25. The first-order valence-electron chi connectivity index (χ1n) is 7.48. The molecule has 0 bridgehead atoms. The molecule has 0 fully saturated rings. The summed E-state index contributed by atoms with van der Waals surface area (Å²) in [5, 5.41) is 2.95. The summed E-state index contributed by atoms with van der Waals surface area (Å²) in [6, 6.07) is 10.6. The summed E-state index contributed by atoms with van der Waals surface area (Å²) in [5.74, 6) is -1.14. The fraction of sp³-hybridized carbons (Fsp3) is 0.111. The van der Waals surface area contributed by atoms with Gasteiger partial charge >= 0.3 is 0 Å². The van der Waals surface area contributed by atoms with Crippen LogP contribution in [-0.4, -0.2) is 16.7 Å². The van der Waals surface area contributed by atoms with Crippen LogP contribution in [0.25, 0.3) is 5.69 Å². The lowest BCUT2D eigenvalue weighted by molar-refractivity contribution is 0.414. The van der Waals surface area contributed by atoms with Crippen LogP contribution < -0.4 is 15.6 Å². The zero-order chi connectivity index (χ0) is 17.8. The van der Waals surface area contributed by atoms with Crippen LogP contribution in [-0.2, 0) is 6.54 Å². The van der Waals surface area contributed by atoms with E-state index in [-0.39, 0.29) is 11.5 Å². The predicted octanol–water partition coefficient (Wildman–Crippen LogP) is 3.13. The Balaban J connectivity index is 1.83. The van der Waals surface area contributed by atoms with Gasteiger partial charge < -0.3 is 10.1 Å². The Bertz CT molecular complexity index is 940. The normalized spacial score (nSPS) is 10.5. The second-order valence-corrected chi connectivity index (χ2v) is 5.25. The van der Waals surface area contributed by atoms with Gasteiger partial charge in [0.1, 0.15) is 5.75 Å². The average molecular weight is 343 g/mol. The molecule has 0 atom stereocenters. The molecule has 5 nitrogen and oxygen atoms in total. The van der Waals surface area contributed by atoms with Crippen LogP contribution in [0.3, 0.4) is 0 Å². The van der Waals surface area contributed by atoms with Crippen molar-refractivity contribution in [1.82, 2.24) is 9.55 Å². The van der Waals surface area contributed by atoms with Gasteiger partial charge in [0.25, 0.3) is 5.56 Å². The molecule has 0 aliphatic heterocycles. The Morgan fingerprint density at radius 1 is 1.12 bits per heavy atom. The molecule has 0 radical (unpaired) electrons. The molecule has 2 aromatic carbocycles. The van der Waals surface area contributed by atoms with Crippen LogP contribution >= 0.6 is 0 Å². The monoisotopic (exact) mass is 343 g/mol. The highest BCUT2D eigenvalue weighted by Crippen LogP contribution is 2.13. The molecule has 0 aliphatic rings. The Morgan fingerprint density at radius 3 is 2.56 bits per heavy atom. The van der Waals surface area contributed by atoms with E-state index in [2.05, 4.69) is 10.3 Å². The standard InChI is InChI=1S/C18H15F2N3O2/c1-25-14-5-2-12(3-6-14)11-22-17-18(24)23(9-8-21-17)13-4-7-15(19)16(20)10-13/h2-10H,11H2,1H3,(H,21,22). The summed E-state index contributed by atoms with van der Waals surface area (Å²) >= 11 is 0. The van der Waals surface area contributed by atoms with Gasteiger partial charge in [-0.2, -0.15) is 0 Å². The molecule has 0 amide bonds. The first-order valence-corrected chi connectivity index (χ1v) is 7.48. The first-order chi connectivity index (χ1) is 12.1. The van der Waals surface area contributed by atoms with Gasteiger partial charge in [0.2, 0.25) is 0 Å². The molecular weight excluding hydrogens is 328 g/mol. The largest absolute Gasteiger partial charge is 0.497 e. The third kappa shape index (κ3) is 3.65. The molecule has 0 aliphatic carbocycles. The number of nitrogens with one attached hydrogen (secondary N) is 1. The van der Waals surface area contributed by atoms with Gasteiger partial charge in [-0.3, -0.25) is 9.36 Å². The highest BCUT2D eigenvalue weighted by molar-refractivity contribution is 5.39. The molecule has 7 heteroatoms. The van der Waals surface area contributed by atoms with E-state index in [1.807, 2.05) is 24.3 Å². The zero-order valence-corrected chi connectivity index (χ0v) is 13.4. The average Bonchev–Trinajstić information content (AvgIpc) is 2.64. The van der Waals surface area contributed by atoms with Gasteiger partial charge in [0.15, 0.2) is 17.5 Å². The van der Waals surface area contributed by atoms with Crippen LogP contribution in [0.5, 0.6) is 5.75 Å². The lowest BCUT2D eigenvalue weighted by Gasteiger charge is -2.10. The SMILES string of the molecule is COc1ccc(CNc2nccn(-c3ccc(F)c(F)c3)c2=O)cc1. The predicted molar refractivity (Wildman–Crippen MR) is 90.1 cm³/mol. The molecule has 128 valence electrons. The lowest BCUT2D eigenvalue weighted by atomic mass is 10.2. The third-order valence-corrected chi connectivity index (χ3v) is 3.64. The molecule has 0 spiro atoms. The number of halogens is 2.